The fraction of sp³-hybridized carbons (Fsp3) is 0.571. The lowest BCUT2D eigenvalue weighted by Crippen LogP contribution is -2.38. The van der Waals surface area contributed by atoms with Gasteiger partial charge in [0.15, 0.2) is 0 Å². The SMILES string of the molecule is CC(C)(C)c1ccc(OC(=O)CN2C(=O)[C@@H]3[C@@H]4CC[C@@H](C4)[C@@H]3C2=O)cc1. The molecule has 1 aromatic rings. The van der Waals surface area contributed by atoms with E-state index in [1.54, 1.807) is 12.1 Å². The molecule has 2 bridgehead atoms. The molecule has 3 aliphatic rings. The van der Waals surface area contributed by atoms with Gasteiger partial charge in [0, 0.05) is 0 Å². The molecule has 3 fully saturated rings. The van der Waals surface area contributed by atoms with E-state index in [-0.39, 0.29) is 35.6 Å². The number of carbonyl (C=O) groups is 3. The maximum absolute atomic E-state index is 12.6. The number of benzene rings is 1. The van der Waals surface area contributed by atoms with E-state index >= 15 is 0 Å². The van der Waals surface area contributed by atoms with Crippen molar-refractivity contribution in [2.45, 2.75) is 45.4 Å². The van der Waals surface area contributed by atoms with Crippen molar-refractivity contribution in [3.8, 4) is 5.75 Å². The number of nitrogens with zero attached hydrogens (tertiary/aromatic N) is 1. The number of rotatable bonds is 3. The molecule has 1 saturated heterocycles. The quantitative estimate of drug-likeness (QED) is 0.475. The second-order valence-corrected chi connectivity index (χ2v) is 8.90. The standard InChI is InChI=1S/C21H25NO4/c1-21(2,3)14-6-8-15(9-7-14)26-16(23)11-22-19(24)17-12-4-5-13(10-12)18(17)20(22)25/h6-9,12-13,17-18H,4-5,10-11H2,1-3H3/t12-,13+,17-,18+. The molecule has 0 spiro atoms. The summed E-state index contributed by atoms with van der Waals surface area (Å²) in [5.41, 5.74) is 1.17. The Morgan fingerprint density at radius 1 is 1.04 bits per heavy atom. The van der Waals surface area contributed by atoms with Crippen LogP contribution in [-0.2, 0) is 19.8 Å². The summed E-state index contributed by atoms with van der Waals surface area (Å²) >= 11 is 0. The summed E-state index contributed by atoms with van der Waals surface area (Å²) < 4.78 is 5.35. The summed E-state index contributed by atoms with van der Waals surface area (Å²) in [5, 5.41) is 0. The predicted molar refractivity (Wildman–Crippen MR) is 95.3 cm³/mol. The number of hydrogen-bond acceptors (Lipinski definition) is 4. The smallest absolute Gasteiger partial charge is 0.331 e. The van der Waals surface area contributed by atoms with Crippen molar-refractivity contribution in [2.24, 2.45) is 23.7 Å². The van der Waals surface area contributed by atoms with Crippen molar-refractivity contribution in [1.29, 1.82) is 0 Å². The third-order valence-electron chi connectivity index (χ3n) is 6.26. The van der Waals surface area contributed by atoms with Gasteiger partial charge in [0.1, 0.15) is 12.3 Å². The van der Waals surface area contributed by atoms with Crippen LogP contribution in [0.3, 0.4) is 0 Å². The molecule has 0 unspecified atom stereocenters. The van der Waals surface area contributed by atoms with Crippen LogP contribution in [0.2, 0.25) is 0 Å². The Kier molecular flexibility index (Phi) is 3.94. The fourth-order valence-electron chi connectivity index (χ4n) is 4.94. The van der Waals surface area contributed by atoms with Crippen LogP contribution >= 0.6 is 0 Å². The average molecular weight is 355 g/mol. The zero-order valence-electron chi connectivity index (χ0n) is 15.5. The van der Waals surface area contributed by atoms with Gasteiger partial charge in [-0.2, -0.15) is 0 Å². The van der Waals surface area contributed by atoms with Gasteiger partial charge in [0.2, 0.25) is 11.8 Å². The van der Waals surface area contributed by atoms with Crippen LogP contribution in [0.5, 0.6) is 5.75 Å². The highest BCUT2D eigenvalue weighted by molar-refractivity contribution is 6.07. The van der Waals surface area contributed by atoms with Crippen molar-refractivity contribution < 1.29 is 19.1 Å². The second-order valence-electron chi connectivity index (χ2n) is 8.90. The van der Waals surface area contributed by atoms with E-state index < -0.39 is 5.97 Å². The minimum Gasteiger partial charge on any atom is -0.425 e. The maximum Gasteiger partial charge on any atom is 0.331 e. The van der Waals surface area contributed by atoms with Gasteiger partial charge in [-0.05, 0) is 54.2 Å². The number of fused-ring (bicyclic) bond motifs is 5. The van der Waals surface area contributed by atoms with E-state index in [2.05, 4.69) is 20.8 Å². The molecule has 5 heteroatoms. The van der Waals surface area contributed by atoms with Crippen molar-refractivity contribution >= 4 is 17.8 Å². The van der Waals surface area contributed by atoms with Crippen molar-refractivity contribution in [3.05, 3.63) is 29.8 Å². The molecule has 2 amide bonds. The summed E-state index contributed by atoms with van der Waals surface area (Å²) in [6.07, 6.45) is 3.05. The lowest BCUT2D eigenvalue weighted by molar-refractivity contribution is -0.148. The van der Waals surface area contributed by atoms with Gasteiger partial charge in [-0.1, -0.05) is 32.9 Å². The Bertz CT molecular complexity index is 733. The largest absolute Gasteiger partial charge is 0.425 e. The molecule has 2 saturated carbocycles. The number of imide groups is 1. The topological polar surface area (TPSA) is 63.7 Å². The molecule has 4 atom stereocenters. The van der Waals surface area contributed by atoms with E-state index in [0.717, 1.165) is 29.7 Å². The zero-order chi connectivity index (χ0) is 18.6. The fourth-order valence-corrected chi connectivity index (χ4v) is 4.94. The number of ether oxygens (including phenoxy) is 1. The molecule has 1 aliphatic heterocycles. The van der Waals surface area contributed by atoms with E-state index in [4.69, 9.17) is 4.74 Å². The molecule has 138 valence electrons. The van der Waals surface area contributed by atoms with Crippen molar-refractivity contribution in [1.82, 2.24) is 4.90 Å². The van der Waals surface area contributed by atoms with Gasteiger partial charge >= 0.3 is 5.97 Å². The number of hydrogen-bond donors (Lipinski definition) is 0. The zero-order valence-corrected chi connectivity index (χ0v) is 15.5. The first-order chi connectivity index (χ1) is 12.3. The van der Waals surface area contributed by atoms with Crippen LogP contribution < -0.4 is 4.74 Å². The highest BCUT2D eigenvalue weighted by atomic mass is 16.5. The summed E-state index contributed by atoms with van der Waals surface area (Å²) in [6.45, 7) is 6.05. The molecule has 0 aromatic heterocycles. The average Bonchev–Trinajstić information content (AvgIpc) is 3.24. The number of likely N-dealkylation sites (tertiary alicyclic amines) is 1. The highest BCUT2D eigenvalue weighted by Gasteiger charge is 2.61. The van der Waals surface area contributed by atoms with E-state index in [1.165, 1.54) is 0 Å². The van der Waals surface area contributed by atoms with Gasteiger partial charge in [0.25, 0.3) is 0 Å². The van der Waals surface area contributed by atoms with Gasteiger partial charge < -0.3 is 4.74 Å². The van der Waals surface area contributed by atoms with Crippen LogP contribution in [-0.4, -0.2) is 29.2 Å². The molecule has 0 N–H and O–H groups in total. The summed E-state index contributed by atoms with van der Waals surface area (Å²) in [6, 6.07) is 7.36. The Labute approximate surface area is 153 Å². The van der Waals surface area contributed by atoms with Crippen LogP contribution in [0.25, 0.3) is 0 Å². The molecule has 1 heterocycles. The minimum atomic E-state index is -0.567. The number of carbonyl (C=O) groups excluding carboxylic acids is 3. The predicted octanol–water partition coefficient (Wildman–Crippen LogP) is 2.92. The molecular weight excluding hydrogens is 330 g/mol. The van der Waals surface area contributed by atoms with Crippen LogP contribution in [0.15, 0.2) is 24.3 Å². The molecule has 2 aliphatic carbocycles. The Balaban J connectivity index is 1.41. The molecule has 0 radical (unpaired) electrons. The number of esters is 1. The monoisotopic (exact) mass is 355 g/mol. The van der Waals surface area contributed by atoms with Crippen LogP contribution in [0.1, 0.15) is 45.6 Å². The van der Waals surface area contributed by atoms with E-state index in [9.17, 15) is 14.4 Å². The second kappa shape index (κ2) is 5.93. The first-order valence-electron chi connectivity index (χ1n) is 9.42. The minimum absolute atomic E-state index is 0.0219. The molecule has 1 aromatic carbocycles. The summed E-state index contributed by atoms with van der Waals surface area (Å²) in [4.78, 5) is 38.7. The molecular formula is C21H25NO4. The highest BCUT2D eigenvalue weighted by Crippen LogP contribution is 2.56. The Morgan fingerprint density at radius 3 is 2.08 bits per heavy atom. The third-order valence-corrected chi connectivity index (χ3v) is 6.26. The third kappa shape index (κ3) is 2.74. The first kappa shape index (κ1) is 17.3. The van der Waals surface area contributed by atoms with Gasteiger partial charge in [-0.3, -0.25) is 14.5 Å². The molecule has 4 rings (SSSR count). The maximum atomic E-state index is 12.6. The Hall–Kier alpha value is -2.17. The first-order valence-corrected chi connectivity index (χ1v) is 9.42. The van der Waals surface area contributed by atoms with Crippen LogP contribution in [0, 0.1) is 23.7 Å². The normalized spacial score (nSPS) is 30.0. The van der Waals surface area contributed by atoms with Gasteiger partial charge in [-0.15, -0.1) is 0 Å². The summed E-state index contributed by atoms with van der Waals surface area (Å²) in [5.74, 6) is -0.218. The van der Waals surface area contributed by atoms with Crippen molar-refractivity contribution in [3.63, 3.8) is 0 Å². The number of amides is 2. The van der Waals surface area contributed by atoms with Gasteiger partial charge in [0.05, 0.1) is 11.8 Å². The summed E-state index contributed by atoms with van der Waals surface area (Å²) in [7, 11) is 0. The van der Waals surface area contributed by atoms with E-state index in [0.29, 0.717) is 17.6 Å². The molecule has 5 nitrogen and oxygen atoms in total. The molecule has 26 heavy (non-hydrogen) atoms. The van der Waals surface area contributed by atoms with E-state index in [1.807, 2.05) is 12.1 Å². The Morgan fingerprint density at radius 2 is 1.58 bits per heavy atom. The van der Waals surface area contributed by atoms with Gasteiger partial charge in [-0.25, -0.2) is 4.79 Å². The van der Waals surface area contributed by atoms with Crippen LogP contribution in [0.4, 0.5) is 0 Å². The lowest BCUT2D eigenvalue weighted by atomic mass is 9.81. The van der Waals surface area contributed by atoms with Crippen molar-refractivity contribution in [2.75, 3.05) is 6.54 Å². The lowest BCUT2D eigenvalue weighted by Gasteiger charge is -2.19.